The van der Waals surface area contributed by atoms with E-state index in [0.717, 1.165) is 75.2 Å². The lowest BCUT2D eigenvalue weighted by Gasteiger charge is -2.26. The zero-order valence-electron chi connectivity index (χ0n) is 18.2. The Balaban J connectivity index is 1.59. The van der Waals surface area contributed by atoms with Crippen molar-refractivity contribution in [3.8, 4) is 6.07 Å². The first kappa shape index (κ1) is 20.7. The Labute approximate surface area is 179 Å². The van der Waals surface area contributed by atoms with Gasteiger partial charge in [0.2, 0.25) is 0 Å². The van der Waals surface area contributed by atoms with Crippen LogP contribution in [-0.2, 0) is 0 Å². The Morgan fingerprint density at radius 1 is 1.03 bits per heavy atom. The number of hydrogen-bond acceptors (Lipinski definition) is 4. The van der Waals surface area contributed by atoms with Crippen LogP contribution in [0.1, 0.15) is 49.9 Å². The van der Waals surface area contributed by atoms with Crippen LogP contribution in [0.3, 0.4) is 0 Å². The van der Waals surface area contributed by atoms with E-state index in [1.807, 2.05) is 17.0 Å². The topological polar surface area (TPSA) is 50.6 Å². The normalized spacial score (nSPS) is 17.1. The van der Waals surface area contributed by atoms with Crippen LogP contribution in [-0.4, -0.2) is 50.1 Å². The molecule has 0 bridgehead atoms. The number of hydrogen-bond donors (Lipinski definition) is 0. The van der Waals surface area contributed by atoms with E-state index in [1.165, 1.54) is 11.1 Å². The summed E-state index contributed by atoms with van der Waals surface area (Å²) in [6.07, 6.45) is 3.72. The maximum absolute atomic E-state index is 13.1. The van der Waals surface area contributed by atoms with E-state index in [4.69, 9.17) is 5.26 Å². The molecule has 0 aliphatic carbocycles. The van der Waals surface area contributed by atoms with E-state index in [-0.39, 0.29) is 5.91 Å². The number of anilines is 2. The van der Waals surface area contributed by atoms with Gasteiger partial charge in [0.05, 0.1) is 11.8 Å². The highest BCUT2D eigenvalue weighted by molar-refractivity contribution is 6.26. The first-order chi connectivity index (χ1) is 14.6. The minimum absolute atomic E-state index is 0.146. The fourth-order valence-electron chi connectivity index (χ4n) is 4.73. The van der Waals surface area contributed by atoms with Crippen LogP contribution in [0.25, 0.3) is 10.8 Å². The summed E-state index contributed by atoms with van der Waals surface area (Å²) < 4.78 is 0. The Kier molecular flexibility index (Phi) is 6.24. The number of nitrogens with zero attached hydrogens (tertiary/aromatic N) is 4. The van der Waals surface area contributed by atoms with Gasteiger partial charge in [0.15, 0.2) is 0 Å². The molecule has 1 amide bonds. The van der Waals surface area contributed by atoms with Crippen LogP contribution in [0, 0.1) is 17.2 Å². The van der Waals surface area contributed by atoms with Gasteiger partial charge in [-0.3, -0.25) is 4.79 Å². The summed E-state index contributed by atoms with van der Waals surface area (Å²) in [5, 5.41) is 11.1. The smallest absolute Gasteiger partial charge is 0.258 e. The molecule has 158 valence electrons. The Morgan fingerprint density at radius 2 is 1.87 bits per heavy atom. The maximum atomic E-state index is 13.1. The molecule has 0 saturated carbocycles. The molecule has 2 aromatic rings. The van der Waals surface area contributed by atoms with Crippen molar-refractivity contribution >= 4 is 28.1 Å². The van der Waals surface area contributed by atoms with Crippen molar-refractivity contribution in [2.75, 3.05) is 49.1 Å². The highest BCUT2D eigenvalue weighted by Crippen LogP contribution is 2.42. The van der Waals surface area contributed by atoms with Crippen LogP contribution in [0.5, 0.6) is 0 Å². The van der Waals surface area contributed by atoms with E-state index in [1.54, 1.807) is 0 Å². The van der Waals surface area contributed by atoms with Crippen molar-refractivity contribution in [2.45, 2.75) is 39.5 Å². The van der Waals surface area contributed by atoms with Gasteiger partial charge in [-0.15, -0.1) is 0 Å². The Morgan fingerprint density at radius 3 is 2.67 bits per heavy atom. The lowest BCUT2D eigenvalue weighted by Crippen LogP contribution is -2.31. The van der Waals surface area contributed by atoms with E-state index in [9.17, 15) is 4.79 Å². The number of amides is 1. The molecule has 0 N–H and O–H groups in total. The van der Waals surface area contributed by atoms with Crippen LogP contribution < -0.4 is 9.80 Å². The number of benzene rings is 2. The quantitative estimate of drug-likeness (QED) is 0.630. The fraction of sp³-hybridized carbons (Fsp3) is 0.520. The molecule has 2 heterocycles. The average molecular weight is 405 g/mol. The number of nitriles is 1. The van der Waals surface area contributed by atoms with Crippen LogP contribution in [0.2, 0.25) is 0 Å². The Bertz CT molecular complexity index is 962. The predicted molar refractivity (Wildman–Crippen MR) is 123 cm³/mol. The maximum Gasteiger partial charge on any atom is 0.258 e. The first-order valence-electron chi connectivity index (χ1n) is 11.3. The molecule has 30 heavy (non-hydrogen) atoms. The number of carbonyl (C=O) groups is 1. The molecule has 0 radical (unpaired) electrons. The molecule has 0 spiro atoms. The third-order valence-corrected chi connectivity index (χ3v) is 6.38. The van der Waals surface area contributed by atoms with Crippen LogP contribution in [0.4, 0.5) is 11.4 Å². The molecule has 5 heteroatoms. The first-order valence-corrected chi connectivity index (χ1v) is 11.3. The number of rotatable bonds is 7. The van der Waals surface area contributed by atoms with Gasteiger partial charge in [0, 0.05) is 54.6 Å². The van der Waals surface area contributed by atoms with Gasteiger partial charge in [-0.2, -0.15) is 5.26 Å². The Hall–Kier alpha value is -2.58. The molecular formula is C25H32N4O. The van der Waals surface area contributed by atoms with Gasteiger partial charge >= 0.3 is 0 Å². The summed E-state index contributed by atoms with van der Waals surface area (Å²) in [4.78, 5) is 20.0. The van der Waals surface area contributed by atoms with E-state index in [0.29, 0.717) is 12.3 Å². The van der Waals surface area contributed by atoms with E-state index >= 15 is 0 Å². The molecule has 0 aromatic heterocycles. The van der Waals surface area contributed by atoms with Crippen molar-refractivity contribution in [1.29, 1.82) is 5.26 Å². The fourth-order valence-corrected chi connectivity index (χ4v) is 4.73. The van der Waals surface area contributed by atoms with E-state index < -0.39 is 0 Å². The second-order valence-electron chi connectivity index (χ2n) is 8.92. The van der Waals surface area contributed by atoms with Gasteiger partial charge in [-0.05, 0) is 56.5 Å². The zero-order chi connectivity index (χ0) is 21.1. The number of unbranched alkanes of at least 4 members (excludes halogenated alkanes) is 1. The van der Waals surface area contributed by atoms with Gasteiger partial charge < -0.3 is 14.7 Å². The third-order valence-electron chi connectivity index (χ3n) is 6.38. The van der Waals surface area contributed by atoms with Crippen molar-refractivity contribution in [3.05, 3.63) is 35.9 Å². The molecule has 2 aliphatic heterocycles. The van der Waals surface area contributed by atoms with Gasteiger partial charge in [-0.25, -0.2) is 0 Å². The highest BCUT2D eigenvalue weighted by atomic mass is 16.2. The van der Waals surface area contributed by atoms with Gasteiger partial charge in [-0.1, -0.05) is 26.0 Å². The molecule has 2 aromatic carbocycles. The molecule has 1 fully saturated rings. The summed E-state index contributed by atoms with van der Waals surface area (Å²) in [5.74, 6) is 0.720. The van der Waals surface area contributed by atoms with Gasteiger partial charge in [0.1, 0.15) is 0 Å². The zero-order valence-corrected chi connectivity index (χ0v) is 18.2. The molecular weight excluding hydrogens is 372 g/mol. The summed E-state index contributed by atoms with van der Waals surface area (Å²) >= 11 is 0. The van der Waals surface area contributed by atoms with Crippen molar-refractivity contribution < 1.29 is 4.79 Å². The standard InChI is InChI=1S/C25H32N4O/c1-19(2)11-16-29-23-10-9-22(20-7-5-8-21(24(20)23)25(29)30)28-15-6-14-27(17-18-28)13-4-3-12-26/h5,7-10,19H,3-4,6,11,13-18H2,1-2H3. The predicted octanol–water partition coefficient (Wildman–Crippen LogP) is 4.66. The second-order valence-corrected chi connectivity index (χ2v) is 8.92. The summed E-state index contributed by atoms with van der Waals surface area (Å²) in [7, 11) is 0. The lowest BCUT2D eigenvalue weighted by molar-refractivity contribution is 0.0992. The van der Waals surface area contributed by atoms with Crippen molar-refractivity contribution in [3.63, 3.8) is 0 Å². The van der Waals surface area contributed by atoms with Gasteiger partial charge in [0.25, 0.3) is 5.91 Å². The molecule has 0 unspecified atom stereocenters. The minimum atomic E-state index is 0.146. The summed E-state index contributed by atoms with van der Waals surface area (Å²) in [6.45, 7) is 10.3. The second kappa shape index (κ2) is 9.06. The van der Waals surface area contributed by atoms with Crippen LogP contribution >= 0.6 is 0 Å². The monoisotopic (exact) mass is 404 g/mol. The lowest BCUT2D eigenvalue weighted by atomic mass is 10.0. The number of carbonyl (C=O) groups excluding carboxylic acids is 1. The molecule has 0 atom stereocenters. The SMILES string of the molecule is CC(C)CCN1C(=O)c2cccc3c(N4CCCN(CCCC#N)CC4)ccc1c23. The van der Waals surface area contributed by atoms with E-state index in [2.05, 4.69) is 47.9 Å². The molecule has 5 nitrogen and oxygen atoms in total. The molecule has 2 aliphatic rings. The third kappa shape index (κ3) is 4.02. The average Bonchev–Trinajstić information content (AvgIpc) is 2.88. The largest absolute Gasteiger partial charge is 0.370 e. The molecule has 1 saturated heterocycles. The van der Waals surface area contributed by atoms with Crippen molar-refractivity contribution in [2.24, 2.45) is 5.92 Å². The molecule has 4 rings (SSSR count). The summed E-state index contributed by atoms with van der Waals surface area (Å²) in [5.41, 5.74) is 3.16. The van der Waals surface area contributed by atoms with Crippen molar-refractivity contribution in [1.82, 2.24) is 4.90 Å². The minimum Gasteiger partial charge on any atom is -0.370 e. The van der Waals surface area contributed by atoms with Crippen LogP contribution in [0.15, 0.2) is 30.3 Å². The summed E-state index contributed by atoms with van der Waals surface area (Å²) in [6, 6.07) is 12.8. The highest BCUT2D eigenvalue weighted by Gasteiger charge is 2.31.